The van der Waals surface area contributed by atoms with E-state index in [1.54, 1.807) is 0 Å². The van der Waals surface area contributed by atoms with Crippen LogP contribution in [0.4, 0.5) is 0 Å². The number of nitrogens with zero attached hydrogens (tertiary/aromatic N) is 1. The van der Waals surface area contributed by atoms with Crippen LogP contribution in [0.5, 0.6) is 0 Å². The lowest BCUT2D eigenvalue weighted by Gasteiger charge is -2.61. The molecule has 0 unspecified atom stereocenters. The van der Waals surface area contributed by atoms with Gasteiger partial charge in [-0.3, -0.25) is 0 Å². The summed E-state index contributed by atoms with van der Waals surface area (Å²) < 4.78 is 11.0. The number of ether oxygens (including phenoxy) is 2. The van der Waals surface area contributed by atoms with Crippen LogP contribution in [0.15, 0.2) is 60.7 Å². The van der Waals surface area contributed by atoms with E-state index in [2.05, 4.69) is 22.6 Å². The van der Waals surface area contributed by atoms with Crippen LogP contribution in [0.2, 0.25) is 0 Å². The van der Waals surface area contributed by atoms with E-state index in [0.717, 1.165) is 30.4 Å². The van der Waals surface area contributed by atoms with Gasteiger partial charge < -0.3 is 19.3 Å². The van der Waals surface area contributed by atoms with Crippen LogP contribution in [0.25, 0.3) is 0 Å². The van der Waals surface area contributed by atoms with Crippen LogP contribution < -0.4 is 0 Å². The standard InChI is InChI=1S/C21H24INO3/c22-21(25-16-17-26-21)20(18-10-4-1-5-11-18,19-12-6-2-7-13-19)23(24)14-8-3-9-15-23/h1-2,4-7,10-13H,3,8-9,14-17H2. The molecule has 0 aliphatic carbocycles. The highest BCUT2D eigenvalue weighted by atomic mass is 127. The van der Waals surface area contributed by atoms with Crippen molar-refractivity contribution in [3.8, 4) is 0 Å². The Labute approximate surface area is 168 Å². The van der Waals surface area contributed by atoms with Crippen LogP contribution >= 0.6 is 22.6 Å². The molecule has 0 saturated carbocycles. The zero-order chi connectivity index (χ0) is 18.1. The van der Waals surface area contributed by atoms with Gasteiger partial charge in [0.2, 0.25) is 5.54 Å². The molecule has 4 rings (SSSR count). The predicted octanol–water partition coefficient (Wildman–Crippen LogP) is 4.56. The lowest BCUT2D eigenvalue weighted by molar-refractivity contribution is -0.946. The SMILES string of the molecule is [O-][N+]1(C(c2ccccc2)(c2ccccc2)C2(I)OCCO2)CCCCC1. The highest BCUT2D eigenvalue weighted by molar-refractivity contribution is 14.1. The molecule has 2 saturated heterocycles. The molecule has 2 heterocycles. The number of likely N-dealkylation sites (tertiary alicyclic amines) is 1. The summed E-state index contributed by atoms with van der Waals surface area (Å²) in [6.07, 6.45) is 2.97. The third-order valence-corrected chi connectivity index (χ3v) is 7.03. The van der Waals surface area contributed by atoms with Crippen molar-refractivity contribution < 1.29 is 14.1 Å². The summed E-state index contributed by atoms with van der Waals surface area (Å²) in [5.74, 6) is 0. The Hall–Kier alpha value is -0.990. The first-order valence-electron chi connectivity index (χ1n) is 9.28. The van der Waals surface area contributed by atoms with Gasteiger partial charge in [-0.05, 0) is 41.9 Å². The number of hydrogen-bond donors (Lipinski definition) is 0. The molecule has 2 fully saturated rings. The molecule has 5 heteroatoms. The maximum atomic E-state index is 14.5. The van der Waals surface area contributed by atoms with Crippen LogP contribution in [0.3, 0.4) is 0 Å². The van der Waals surface area contributed by atoms with Gasteiger partial charge in [-0.1, -0.05) is 60.7 Å². The maximum absolute atomic E-state index is 14.5. The normalized spacial score (nSPS) is 22.2. The number of hydrogen-bond acceptors (Lipinski definition) is 3. The monoisotopic (exact) mass is 465 g/mol. The van der Waals surface area contributed by atoms with Crippen LogP contribution in [0.1, 0.15) is 30.4 Å². The average Bonchev–Trinajstić information content (AvgIpc) is 3.12. The summed E-state index contributed by atoms with van der Waals surface area (Å²) in [6.45, 7) is 2.15. The maximum Gasteiger partial charge on any atom is 0.288 e. The Morgan fingerprint density at radius 3 is 1.73 bits per heavy atom. The minimum Gasteiger partial charge on any atom is -0.632 e. The molecule has 2 aliphatic heterocycles. The summed E-state index contributed by atoms with van der Waals surface area (Å²) >= 11 is 2.24. The summed E-state index contributed by atoms with van der Waals surface area (Å²) in [7, 11) is 0. The zero-order valence-electron chi connectivity index (χ0n) is 14.8. The molecular weight excluding hydrogens is 441 g/mol. The van der Waals surface area contributed by atoms with Gasteiger partial charge in [0.05, 0.1) is 26.3 Å². The van der Waals surface area contributed by atoms with E-state index in [4.69, 9.17) is 9.47 Å². The number of halogens is 1. The minimum absolute atomic E-state index is 0.343. The van der Waals surface area contributed by atoms with Crippen molar-refractivity contribution in [2.45, 2.75) is 28.6 Å². The Bertz CT molecular complexity index is 686. The Kier molecular flexibility index (Phi) is 5.09. The Balaban J connectivity index is 2.03. The molecule has 2 aromatic rings. The highest BCUT2D eigenvalue weighted by Gasteiger charge is 2.66. The number of benzene rings is 2. The van der Waals surface area contributed by atoms with Gasteiger partial charge in [-0.25, -0.2) is 0 Å². The van der Waals surface area contributed by atoms with Crippen molar-refractivity contribution in [1.29, 1.82) is 0 Å². The van der Waals surface area contributed by atoms with Crippen molar-refractivity contribution in [3.63, 3.8) is 0 Å². The van der Waals surface area contributed by atoms with Crippen molar-refractivity contribution >= 4 is 22.6 Å². The van der Waals surface area contributed by atoms with E-state index >= 15 is 0 Å². The number of piperidine rings is 1. The highest BCUT2D eigenvalue weighted by Crippen LogP contribution is 2.56. The van der Waals surface area contributed by atoms with Gasteiger partial charge in [0.25, 0.3) is 3.79 Å². The van der Waals surface area contributed by atoms with Gasteiger partial charge in [-0.15, -0.1) is 0 Å². The van der Waals surface area contributed by atoms with E-state index in [1.165, 1.54) is 0 Å². The number of hydroxylamine groups is 3. The molecule has 2 aromatic carbocycles. The van der Waals surface area contributed by atoms with E-state index in [9.17, 15) is 5.21 Å². The number of rotatable bonds is 4. The van der Waals surface area contributed by atoms with E-state index < -0.39 is 9.33 Å². The molecular formula is C21H24INO3. The van der Waals surface area contributed by atoms with Gasteiger partial charge in [-0.2, -0.15) is 0 Å². The first-order chi connectivity index (χ1) is 12.6. The molecule has 0 aromatic heterocycles. The Morgan fingerprint density at radius 2 is 1.27 bits per heavy atom. The quantitative estimate of drug-likeness (QED) is 0.288. The van der Waals surface area contributed by atoms with E-state index in [-0.39, 0.29) is 4.65 Å². The molecule has 26 heavy (non-hydrogen) atoms. The zero-order valence-corrected chi connectivity index (χ0v) is 16.9. The summed E-state index contributed by atoms with van der Waals surface area (Å²) in [6, 6.07) is 20.2. The van der Waals surface area contributed by atoms with Crippen LogP contribution in [-0.4, -0.2) is 34.7 Å². The van der Waals surface area contributed by atoms with Gasteiger partial charge in [0, 0.05) is 11.1 Å². The molecule has 0 bridgehead atoms. The lowest BCUT2D eigenvalue weighted by atomic mass is 9.78. The van der Waals surface area contributed by atoms with E-state index in [1.807, 2.05) is 60.7 Å². The molecule has 138 valence electrons. The fourth-order valence-electron chi connectivity index (χ4n) is 4.54. The largest absolute Gasteiger partial charge is 0.632 e. The van der Waals surface area contributed by atoms with Crippen molar-refractivity contribution in [2.24, 2.45) is 0 Å². The minimum atomic E-state index is -1.04. The second-order valence-electron chi connectivity index (χ2n) is 7.07. The molecule has 2 aliphatic rings. The topological polar surface area (TPSA) is 41.5 Å². The molecule has 4 nitrogen and oxygen atoms in total. The second kappa shape index (κ2) is 7.20. The number of alkyl halides is 1. The molecule has 0 atom stereocenters. The molecule has 0 amide bonds. The predicted molar refractivity (Wildman–Crippen MR) is 110 cm³/mol. The second-order valence-corrected chi connectivity index (χ2v) is 8.49. The lowest BCUT2D eigenvalue weighted by Crippen LogP contribution is -2.69. The van der Waals surface area contributed by atoms with Gasteiger partial charge >= 0.3 is 0 Å². The smallest absolute Gasteiger partial charge is 0.288 e. The van der Waals surface area contributed by atoms with Gasteiger partial charge in [0.15, 0.2) is 0 Å². The van der Waals surface area contributed by atoms with Crippen molar-refractivity contribution in [1.82, 2.24) is 0 Å². The number of quaternary nitrogens is 1. The fraction of sp³-hybridized carbons (Fsp3) is 0.429. The summed E-state index contributed by atoms with van der Waals surface area (Å²) in [5.41, 5.74) is 0.950. The van der Waals surface area contributed by atoms with Crippen molar-refractivity contribution in [3.05, 3.63) is 77.0 Å². The van der Waals surface area contributed by atoms with Gasteiger partial charge in [0.1, 0.15) is 0 Å². The van der Waals surface area contributed by atoms with Crippen molar-refractivity contribution in [2.75, 3.05) is 26.3 Å². The first kappa shape index (κ1) is 18.4. The molecule has 0 radical (unpaired) electrons. The van der Waals surface area contributed by atoms with Crippen LogP contribution in [-0.2, 0) is 15.0 Å². The van der Waals surface area contributed by atoms with Crippen LogP contribution in [0, 0.1) is 5.21 Å². The molecule has 0 N–H and O–H groups in total. The summed E-state index contributed by atoms with van der Waals surface area (Å²) in [5, 5.41) is 14.5. The van der Waals surface area contributed by atoms with E-state index in [0.29, 0.717) is 26.3 Å². The summed E-state index contributed by atoms with van der Waals surface area (Å²) in [4.78, 5) is 0. The average molecular weight is 465 g/mol. The molecule has 0 spiro atoms. The fourth-order valence-corrected chi connectivity index (χ4v) is 6.04. The third-order valence-electron chi connectivity index (χ3n) is 5.62. The third kappa shape index (κ3) is 2.72. The first-order valence-corrected chi connectivity index (χ1v) is 10.4. The Morgan fingerprint density at radius 1 is 0.808 bits per heavy atom.